The number of nitrogens with zero attached hydrogens (tertiary/aromatic N) is 2. The molecule has 0 aliphatic heterocycles. The number of hydrogen-bond acceptors (Lipinski definition) is 6. The molecule has 2 heterocycles. The first kappa shape index (κ1) is 19.5. The molecule has 2 rings (SSSR count). The monoisotopic (exact) mass is 494 g/mol. The van der Waals surface area contributed by atoms with Gasteiger partial charge in [-0.2, -0.15) is 0 Å². The van der Waals surface area contributed by atoms with Crippen molar-refractivity contribution in [1.82, 2.24) is 9.97 Å². The van der Waals surface area contributed by atoms with Gasteiger partial charge in [-0.15, -0.1) is 0 Å². The molecule has 0 aliphatic carbocycles. The standard InChI is InChI=1S/C13H7BBr2Cl2N2O4/c1-23-12(21)9-6(15)3-8(18)11(20-9)24-13(14,22)10-7(16)2-5(17)4-19-10/h2-4,22H,1H3. The number of hydrogen-bond donors (Lipinski definition) is 1. The third-order valence-electron chi connectivity index (χ3n) is 2.68. The Morgan fingerprint density at radius 1 is 1.33 bits per heavy atom. The summed E-state index contributed by atoms with van der Waals surface area (Å²) < 4.78 is 10.5. The van der Waals surface area contributed by atoms with Crippen molar-refractivity contribution in [3.63, 3.8) is 0 Å². The molecule has 1 N–H and O–H groups in total. The predicted octanol–water partition coefficient (Wildman–Crippen LogP) is 3.45. The lowest BCUT2D eigenvalue weighted by molar-refractivity contribution is -0.0744. The maximum atomic E-state index is 11.7. The van der Waals surface area contributed by atoms with Crippen LogP contribution in [0.3, 0.4) is 0 Å². The summed E-state index contributed by atoms with van der Waals surface area (Å²) in [5.41, 5.74) is -2.55. The number of carbonyl (C=O) groups excluding carboxylic acids is 1. The number of aromatic nitrogens is 2. The molecule has 0 saturated heterocycles. The highest BCUT2D eigenvalue weighted by molar-refractivity contribution is 9.10. The van der Waals surface area contributed by atoms with E-state index in [-0.39, 0.29) is 26.8 Å². The highest BCUT2D eigenvalue weighted by atomic mass is 79.9. The summed E-state index contributed by atoms with van der Waals surface area (Å²) in [5.74, 6) is -1.01. The first-order valence-corrected chi connectivity index (χ1v) is 8.46. The van der Waals surface area contributed by atoms with Crippen LogP contribution in [0.15, 0.2) is 27.3 Å². The van der Waals surface area contributed by atoms with E-state index in [1.807, 2.05) is 0 Å². The van der Waals surface area contributed by atoms with Crippen LogP contribution in [0, 0.1) is 0 Å². The average Bonchev–Trinajstić information content (AvgIpc) is 2.48. The third-order valence-corrected chi connectivity index (χ3v) is 4.36. The minimum absolute atomic E-state index is 0.00323. The average molecular weight is 497 g/mol. The van der Waals surface area contributed by atoms with Crippen LogP contribution in [0.5, 0.6) is 5.88 Å². The summed E-state index contributed by atoms with van der Waals surface area (Å²) >= 11 is 18.1. The fourth-order valence-corrected chi connectivity index (χ4v) is 3.36. The number of halogens is 4. The first-order chi connectivity index (χ1) is 11.2. The van der Waals surface area contributed by atoms with Gasteiger partial charge >= 0.3 is 5.97 Å². The number of carbonyl (C=O) groups is 1. The second-order valence-electron chi connectivity index (χ2n) is 4.38. The van der Waals surface area contributed by atoms with Gasteiger partial charge < -0.3 is 14.6 Å². The topological polar surface area (TPSA) is 81.5 Å². The Morgan fingerprint density at radius 3 is 2.58 bits per heavy atom. The highest BCUT2D eigenvalue weighted by Crippen LogP contribution is 2.34. The Hall–Kier alpha value is -0.865. The van der Waals surface area contributed by atoms with E-state index in [9.17, 15) is 9.90 Å². The fraction of sp³-hybridized carbons (Fsp3) is 0.154. The zero-order chi connectivity index (χ0) is 18.1. The van der Waals surface area contributed by atoms with E-state index in [2.05, 4.69) is 46.6 Å². The van der Waals surface area contributed by atoms with E-state index < -0.39 is 11.7 Å². The number of aliphatic hydroxyl groups is 1. The Bertz CT molecular complexity index is 808. The van der Waals surface area contributed by atoms with Crippen molar-refractivity contribution in [2.75, 3.05) is 7.11 Å². The number of pyridine rings is 2. The molecule has 1 unspecified atom stereocenters. The van der Waals surface area contributed by atoms with Crippen molar-refractivity contribution in [3.8, 4) is 5.88 Å². The first-order valence-electron chi connectivity index (χ1n) is 6.12. The summed E-state index contributed by atoms with van der Waals surface area (Å²) in [6.07, 6.45) is 1.28. The predicted molar refractivity (Wildman–Crippen MR) is 95.5 cm³/mol. The molecule has 124 valence electrons. The van der Waals surface area contributed by atoms with Crippen LogP contribution < -0.4 is 4.74 Å². The van der Waals surface area contributed by atoms with Gasteiger partial charge in [-0.25, -0.2) is 9.78 Å². The number of rotatable bonds is 4. The summed E-state index contributed by atoms with van der Waals surface area (Å²) in [7, 11) is 6.95. The van der Waals surface area contributed by atoms with E-state index in [1.54, 1.807) is 0 Å². The maximum Gasteiger partial charge on any atom is 0.357 e. The Morgan fingerprint density at radius 2 is 2.00 bits per heavy atom. The molecule has 2 aromatic rings. The Balaban J connectivity index is 2.44. The van der Waals surface area contributed by atoms with Crippen LogP contribution in [0.1, 0.15) is 16.2 Å². The molecule has 0 saturated carbocycles. The van der Waals surface area contributed by atoms with Crippen molar-refractivity contribution >= 4 is 68.9 Å². The molecule has 2 aromatic heterocycles. The quantitative estimate of drug-likeness (QED) is 0.397. The van der Waals surface area contributed by atoms with Crippen LogP contribution in [0.4, 0.5) is 0 Å². The van der Waals surface area contributed by atoms with Gasteiger partial charge in [0.1, 0.15) is 10.7 Å². The number of esters is 1. The van der Waals surface area contributed by atoms with E-state index in [0.29, 0.717) is 9.50 Å². The second-order valence-corrected chi connectivity index (χ2v) is 6.93. The number of ether oxygens (including phenoxy) is 2. The molecule has 11 heteroatoms. The molecule has 1 atom stereocenters. The van der Waals surface area contributed by atoms with Crippen LogP contribution in [-0.2, 0) is 10.4 Å². The van der Waals surface area contributed by atoms with Gasteiger partial charge in [-0.1, -0.05) is 23.2 Å². The van der Waals surface area contributed by atoms with E-state index in [0.717, 1.165) is 0 Å². The lowest BCUT2D eigenvalue weighted by atomic mass is 9.91. The van der Waals surface area contributed by atoms with Crippen LogP contribution >= 0.6 is 55.1 Å². The zero-order valence-corrected chi connectivity index (χ0v) is 16.6. The van der Waals surface area contributed by atoms with E-state index in [1.165, 1.54) is 25.4 Å². The summed E-state index contributed by atoms with van der Waals surface area (Å²) in [6.45, 7) is 0. The molecular weight excluding hydrogens is 490 g/mol. The van der Waals surface area contributed by atoms with Gasteiger partial charge in [0.05, 0.1) is 16.6 Å². The lowest BCUT2D eigenvalue weighted by Gasteiger charge is -2.26. The van der Waals surface area contributed by atoms with Crippen molar-refractivity contribution in [2.24, 2.45) is 0 Å². The Labute approximate surface area is 165 Å². The zero-order valence-electron chi connectivity index (χ0n) is 11.9. The summed E-state index contributed by atoms with van der Waals surface area (Å²) in [6, 6.07) is 2.83. The van der Waals surface area contributed by atoms with Gasteiger partial charge in [-0.05, 0) is 44.0 Å². The molecule has 0 aromatic carbocycles. The van der Waals surface area contributed by atoms with Crippen molar-refractivity contribution in [3.05, 3.63) is 48.7 Å². The molecule has 6 nitrogen and oxygen atoms in total. The van der Waals surface area contributed by atoms with Crippen LogP contribution in [0.2, 0.25) is 10.0 Å². The second kappa shape index (κ2) is 7.57. The number of methoxy groups -OCH3 is 1. The van der Waals surface area contributed by atoms with Gasteiger partial charge in [0.2, 0.25) is 11.6 Å². The molecule has 2 radical (unpaired) electrons. The highest BCUT2D eigenvalue weighted by Gasteiger charge is 2.31. The fourth-order valence-electron chi connectivity index (χ4n) is 1.63. The SMILES string of the molecule is [B]C(O)(Oc1nc(C(=O)OC)c(Br)cc1Cl)c1ncc(Cl)cc1Br. The van der Waals surface area contributed by atoms with E-state index >= 15 is 0 Å². The molecule has 24 heavy (non-hydrogen) atoms. The van der Waals surface area contributed by atoms with Crippen molar-refractivity contribution in [1.29, 1.82) is 0 Å². The van der Waals surface area contributed by atoms with Gasteiger partial charge in [0.15, 0.2) is 13.5 Å². The molecule has 0 aliphatic rings. The minimum atomic E-state index is -2.39. The molecule has 0 spiro atoms. The lowest BCUT2D eigenvalue weighted by Crippen LogP contribution is -2.35. The smallest absolute Gasteiger partial charge is 0.357 e. The van der Waals surface area contributed by atoms with Gasteiger partial charge in [0.25, 0.3) is 0 Å². The van der Waals surface area contributed by atoms with Crippen molar-refractivity contribution in [2.45, 2.75) is 5.69 Å². The van der Waals surface area contributed by atoms with Crippen LogP contribution in [0.25, 0.3) is 0 Å². The summed E-state index contributed by atoms with van der Waals surface area (Å²) in [5, 5.41) is 10.7. The largest absolute Gasteiger partial charge is 0.464 e. The molecule has 0 amide bonds. The van der Waals surface area contributed by atoms with Crippen molar-refractivity contribution < 1.29 is 19.4 Å². The molecule has 0 fully saturated rings. The minimum Gasteiger partial charge on any atom is -0.464 e. The maximum absolute atomic E-state index is 11.7. The third kappa shape index (κ3) is 4.21. The van der Waals surface area contributed by atoms with Gasteiger partial charge in [-0.3, -0.25) is 4.98 Å². The Kier molecular flexibility index (Phi) is 6.14. The molecular formula is C13H7BBr2Cl2N2O4. The summed E-state index contributed by atoms with van der Waals surface area (Å²) in [4.78, 5) is 19.5. The molecule has 0 bridgehead atoms. The normalized spacial score (nSPS) is 13.2. The van der Waals surface area contributed by atoms with Gasteiger partial charge in [0, 0.05) is 10.7 Å². The van der Waals surface area contributed by atoms with Crippen LogP contribution in [-0.4, -0.2) is 36.0 Å². The van der Waals surface area contributed by atoms with E-state index in [4.69, 9.17) is 35.8 Å².